The average Bonchev–Trinajstić information content (AvgIpc) is 2.28. The Bertz CT molecular complexity index is 596. The van der Waals surface area contributed by atoms with E-state index < -0.39 is 9.84 Å². The molecule has 0 N–H and O–H groups in total. The van der Waals surface area contributed by atoms with Crippen LogP contribution in [0.2, 0.25) is 0 Å². The molecule has 0 amide bonds. The van der Waals surface area contributed by atoms with Crippen LogP contribution in [0.1, 0.15) is 34.6 Å². The molecular weight excluding hydrogens is 256 g/mol. The first-order valence-electron chi connectivity index (χ1n) is 6.34. The van der Waals surface area contributed by atoms with Crippen LogP contribution in [0.15, 0.2) is 52.1 Å². The van der Waals surface area contributed by atoms with Crippen molar-refractivity contribution >= 4 is 9.84 Å². The largest absolute Gasteiger partial charge is 0.223 e. The molecule has 0 aromatic heterocycles. The molecular formula is C16H22O2S. The summed E-state index contributed by atoms with van der Waals surface area (Å²) in [5, 5.41) is 0. The number of hydrogen-bond donors (Lipinski definition) is 0. The summed E-state index contributed by atoms with van der Waals surface area (Å²) < 4.78 is 24.4. The fraction of sp³-hybridized carbons (Fsp3) is 0.438. The van der Waals surface area contributed by atoms with Crippen molar-refractivity contribution in [3.8, 4) is 0 Å². The van der Waals surface area contributed by atoms with E-state index in [4.69, 9.17) is 0 Å². The molecule has 0 aliphatic heterocycles. The van der Waals surface area contributed by atoms with Crippen molar-refractivity contribution in [2.75, 3.05) is 5.75 Å². The lowest BCUT2D eigenvalue weighted by Gasteiger charge is -2.17. The average molecular weight is 278 g/mol. The smallest absolute Gasteiger partial charge is 0.182 e. The second kappa shape index (κ2) is 5.77. The molecule has 104 valence electrons. The van der Waals surface area contributed by atoms with Gasteiger partial charge in [0, 0.05) is 0 Å². The number of rotatable bonds is 3. The molecule has 3 heteroatoms. The summed E-state index contributed by atoms with van der Waals surface area (Å²) in [7, 11) is -3.26. The molecule has 0 aliphatic carbocycles. The molecule has 1 aromatic rings. The van der Waals surface area contributed by atoms with Gasteiger partial charge in [0.1, 0.15) is 0 Å². The van der Waals surface area contributed by atoms with Gasteiger partial charge in [0.15, 0.2) is 9.84 Å². The first-order valence-corrected chi connectivity index (χ1v) is 7.99. The molecule has 19 heavy (non-hydrogen) atoms. The van der Waals surface area contributed by atoms with Gasteiger partial charge in [0.25, 0.3) is 0 Å². The van der Waals surface area contributed by atoms with Gasteiger partial charge in [0.2, 0.25) is 0 Å². The zero-order valence-electron chi connectivity index (χ0n) is 12.3. The van der Waals surface area contributed by atoms with Crippen LogP contribution in [0.4, 0.5) is 0 Å². The second-order valence-corrected chi connectivity index (χ2v) is 7.84. The number of benzene rings is 1. The predicted molar refractivity (Wildman–Crippen MR) is 79.8 cm³/mol. The zero-order valence-corrected chi connectivity index (χ0v) is 13.1. The number of hydrogen-bond acceptors (Lipinski definition) is 2. The van der Waals surface area contributed by atoms with E-state index in [1.165, 1.54) is 0 Å². The van der Waals surface area contributed by atoms with Crippen LogP contribution in [0.25, 0.3) is 0 Å². The van der Waals surface area contributed by atoms with E-state index in [9.17, 15) is 8.42 Å². The third-order valence-corrected chi connectivity index (χ3v) is 4.84. The van der Waals surface area contributed by atoms with Gasteiger partial charge in [-0.15, -0.1) is 5.73 Å². The Labute approximate surface area is 116 Å². The summed E-state index contributed by atoms with van der Waals surface area (Å²) in [5.41, 5.74) is 5.02. The van der Waals surface area contributed by atoms with Crippen LogP contribution < -0.4 is 0 Å². The molecule has 0 saturated carbocycles. The lowest BCUT2D eigenvalue weighted by molar-refractivity contribution is 0.505. The molecule has 0 atom stereocenters. The van der Waals surface area contributed by atoms with Crippen molar-refractivity contribution in [2.24, 2.45) is 5.41 Å². The van der Waals surface area contributed by atoms with Gasteiger partial charge in [-0.05, 0) is 42.5 Å². The summed E-state index contributed by atoms with van der Waals surface area (Å²) >= 11 is 0. The summed E-state index contributed by atoms with van der Waals surface area (Å²) in [4.78, 5) is 0.365. The Balaban J connectivity index is 3.07. The van der Waals surface area contributed by atoms with Gasteiger partial charge in [0.05, 0.1) is 10.6 Å². The molecule has 0 saturated heterocycles. The highest BCUT2D eigenvalue weighted by molar-refractivity contribution is 7.91. The Morgan fingerprint density at radius 1 is 1.11 bits per heavy atom. The summed E-state index contributed by atoms with van der Waals surface area (Å²) in [5.74, 6) is 0.0183. The van der Waals surface area contributed by atoms with E-state index in [-0.39, 0.29) is 11.2 Å². The van der Waals surface area contributed by atoms with Crippen molar-refractivity contribution in [1.82, 2.24) is 0 Å². The highest BCUT2D eigenvalue weighted by atomic mass is 32.2. The first kappa shape index (κ1) is 15.7. The highest BCUT2D eigenvalue weighted by Gasteiger charge is 2.16. The van der Waals surface area contributed by atoms with Crippen LogP contribution in [-0.2, 0) is 9.84 Å². The lowest BCUT2D eigenvalue weighted by atomic mass is 9.88. The quantitative estimate of drug-likeness (QED) is 0.783. The fourth-order valence-corrected chi connectivity index (χ4v) is 2.92. The molecule has 0 fully saturated rings. The van der Waals surface area contributed by atoms with Crippen LogP contribution in [0.5, 0.6) is 0 Å². The predicted octanol–water partition coefficient (Wildman–Crippen LogP) is 4.00. The monoisotopic (exact) mass is 278 g/mol. The minimum atomic E-state index is -3.26. The summed E-state index contributed by atoms with van der Waals surface area (Å²) in [6, 6.07) is 8.54. The highest BCUT2D eigenvalue weighted by Crippen LogP contribution is 2.24. The van der Waals surface area contributed by atoms with Gasteiger partial charge < -0.3 is 0 Å². The van der Waals surface area contributed by atoms with Crippen molar-refractivity contribution in [3.63, 3.8) is 0 Å². The van der Waals surface area contributed by atoms with E-state index in [0.717, 1.165) is 11.1 Å². The third-order valence-electron chi connectivity index (χ3n) is 3.03. The Morgan fingerprint density at radius 3 is 2.11 bits per heavy atom. The van der Waals surface area contributed by atoms with Crippen molar-refractivity contribution in [3.05, 3.63) is 47.2 Å². The van der Waals surface area contributed by atoms with Crippen molar-refractivity contribution in [2.45, 2.75) is 39.5 Å². The standard InChI is InChI=1S/C16H22O2S/c1-13(11-14(2)16(3,4)5)12-19(17,18)15-9-7-6-8-10-15/h6-10H,12H2,1-5H3. The van der Waals surface area contributed by atoms with Crippen LogP contribution >= 0.6 is 0 Å². The molecule has 1 aromatic carbocycles. The summed E-state index contributed by atoms with van der Waals surface area (Å²) in [6.07, 6.45) is 0. The van der Waals surface area contributed by atoms with E-state index in [0.29, 0.717) is 4.90 Å². The first-order chi connectivity index (χ1) is 8.63. The maximum atomic E-state index is 12.2. The van der Waals surface area contributed by atoms with Gasteiger partial charge in [-0.3, -0.25) is 0 Å². The zero-order chi connectivity index (χ0) is 14.7. The molecule has 0 aliphatic rings. The van der Waals surface area contributed by atoms with Gasteiger partial charge in [-0.25, -0.2) is 8.42 Å². The molecule has 0 heterocycles. The Hall–Kier alpha value is -1.31. The topological polar surface area (TPSA) is 34.1 Å². The normalized spacial score (nSPS) is 11.8. The van der Waals surface area contributed by atoms with Crippen molar-refractivity contribution < 1.29 is 8.42 Å². The Morgan fingerprint density at radius 2 is 1.63 bits per heavy atom. The van der Waals surface area contributed by atoms with Crippen LogP contribution in [-0.4, -0.2) is 14.2 Å². The fourth-order valence-electron chi connectivity index (χ4n) is 1.54. The molecule has 0 bridgehead atoms. The maximum absolute atomic E-state index is 12.2. The van der Waals surface area contributed by atoms with E-state index in [1.54, 1.807) is 24.3 Å². The minimum Gasteiger partial charge on any atom is -0.223 e. The van der Waals surface area contributed by atoms with E-state index >= 15 is 0 Å². The number of sulfone groups is 1. The van der Waals surface area contributed by atoms with Gasteiger partial charge in [-0.1, -0.05) is 39.0 Å². The van der Waals surface area contributed by atoms with E-state index in [2.05, 4.69) is 26.5 Å². The van der Waals surface area contributed by atoms with Gasteiger partial charge in [-0.2, -0.15) is 0 Å². The van der Waals surface area contributed by atoms with Gasteiger partial charge >= 0.3 is 0 Å². The van der Waals surface area contributed by atoms with Crippen molar-refractivity contribution in [1.29, 1.82) is 0 Å². The second-order valence-electron chi connectivity index (χ2n) is 5.85. The maximum Gasteiger partial charge on any atom is 0.182 e. The molecule has 0 unspecified atom stereocenters. The van der Waals surface area contributed by atoms with E-state index in [1.807, 2.05) is 19.9 Å². The molecule has 0 spiro atoms. The molecule has 1 rings (SSSR count). The minimum absolute atomic E-state index is 0.0117. The lowest BCUT2D eigenvalue weighted by Crippen LogP contribution is -2.09. The molecule has 2 nitrogen and oxygen atoms in total. The van der Waals surface area contributed by atoms with Crippen LogP contribution in [0.3, 0.4) is 0 Å². The van der Waals surface area contributed by atoms with Crippen LogP contribution in [0, 0.1) is 5.41 Å². The Kier molecular flexibility index (Phi) is 4.78. The summed E-state index contributed by atoms with van der Waals surface area (Å²) in [6.45, 7) is 10.1. The third kappa shape index (κ3) is 4.70. The molecule has 0 radical (unpaired) electrons. The SMILES string of the molecule is CC(=C=C(C)C(C)(C)C)CS(=O)(=O)c1ccccc1.